The molecule has 0 aromatic carbocycles. The molecule has 1 aliphatic heterocycles. The second-order valence-electron chi connectivity index (χ2n) is 3.52. The van der Waals surface area contributed by atoms with Gasteiger partial charge in [0, 0.05) is 18.6 Å². The van der Waals surface area contributed by atoms with Crippen molar-refractivity contribution >= 4 is 0 Å². The van der Waals surface area contributed by atoms with Crippen LogP contribution in [0.25, 0.3) is 0 Å². The van der Waals surface area contributed by atoms with E-state index in [9.17, 15) is 0 Å². The standard InChI is InChI=1S/C9H20N2/c1-4-11-8(2)5-6-10-7-9(11)3/h8-10H,4-7H2,1-3H3. The van der Waals surface area contributed by atoms with Crippen molar-refractivity contribution in [1.82, 2.24) is 10.2 Å². The average molecular weight is 156 g/mol. The van der Waals surface area contributed by atoms with Crippen LogP contribution in [-0.4, -0.2) is 36.6 Å². The number of hydrogen-bond donors (Lipinski definition) is 1. The van der Waals surface area contributed by atoms with E-state index < -0.39 is 0 Å². The summed E-state index contributed by atoms with van der Waals surface area (Å²) in [6, 6.07) is 1.46. The van der Waals surface area contributed by atoms with Crippen molar-refractivity contribution in [2.24, 2.45) is 0 Å². The van der Waals surface area contributed by atoms with Crippen LogP contribution >= 0.6 is 0 Å². The van der Waals surface area contributed by atoms with Crippen molar-refractivity contribution in [2.75, 3.05) is 19.6 Å². The summed E-state index contributed by atoms with van der Waals surface area (Å²) >= 11 is 0. The maximum absolute atomic E-state index is 3.45. The first-order valence-corrected chi connectivity index (χ1v) is 4.72. The molecule has 1 N–H and O–H groups in total. The third-order valence-electron chi connectivity index (χ3n) is 2.68. The molecule has 2 heteroatoms. The Hall–Kier alpha value is -0.0800. The van der Waals surface area contributed by atoms with Gasteiger partial charge in [-0.3, -0.25) is 4.90 Å². The van der Waals surface area contributed by atoms with Gasteiger partial charge in [0.25, 0.3) is 0 Å². The maximum atomic E-state index is 3.45. The fraction of sp³-hybridized carbons (Fsp3) is 1.00. The molecular weight excluding hydrogens is 136 g/mol. The fourth-order valence-electron chi connectivity index (χ4n) is 1.96. The van der Waals surface area contributed by atoms with Gasteiger partial charge in [-0.15, -0.1) is 0 Å². The van der Waals surface area contributed by atoms with Crippen LogP contribution in [0.1, 0.15) is 27.2 Å². The Morgan fingerprint density at radius 2 is 2.09 bits per heavy atom. The molecule has 1 aliphatic rings. The molecule has 1 rings (SSSR count). The van der Waals surface area contributed by atoms with E-state index in [-0.39, 0.29) is 0 Å². The monoisotopic (exact) mass is 156 g/mol. The Balaban J connectivity index is 2.51. The Bertz CT molecular complexity index is 102. The summed E-state index contributed by atoms with van der Waals surface area (Å²) in [5.74, 6) is 0. The molecule has 0 aromatic rings. The molecule has 0 bridgehead atoms. The van der Waals surface area contributed by atoms with E-state index in [2.05, 4.69) is 31.0 Å². The first-order valence-electron chi connectivity index (χ1n) is 4.72. The summed E-state index contributed by atoms with van der Waals surface area (Å²) in [6.45, 7) is 10.4. The molecule has 0 aromatic heterocycles. The third kappa shape index (κ3) is 2.17. The van der Waals surface area contributed by atoms with Gasteiger partial charge in [-0.1, -0.05) is 6.92 Å². The summed E-state index contributed by atoms with van der Waals surface area (Å²) < 4.78 is 0. The molecular formula is C9H20N2. The van der Waals surface area contributed by atoms with Gasteiger partial charge >= 0.3 is 0 Å². The first-order chi connectivity index (χ1) is 5.25. The van der Waals surface area contributed by atoms with Crippen LogP contribution in [0.4, 0.5) is 0 Å². The van der Waals surface area contributed by atoms with Crippen LogP contribution in [0.15, 0.2) is 0 Å². The lowest BCUT2D eigenvalue weighted by Crippen LogP contribution is -2.41. The van der Waals surface area contributed by atoms with E-state index in [1.807, 2.05) is 0 Å². The van der Waals surface area contributed by atoms with Crippen LogP contribution in [0, 0.1) is 0 Å². The second-order valence-corrected chi connectivity index (χ2v) is 3.52. The molecule has 1 saturated heterocycles. The van der Waals surface area contributed by atoms with Crippen molar-refractivity contribution < 1.29 is 0 Å². The van der Waals surface area contributed by atoms with Gasteiger partial charge in [-0.05, 0) is 33.4 Å². The maximum Gasteiger partial charge on any atom is 0.0195 e. The number of rotatable bonds is 1. The Kier molecular flexibility index (Phi) is 3.34. The predicted molar refractivity (Wildman–Crippen MR) is 48.8 cm³/mol. The van der Waals surface area contributed by atoms with Crippen molar-refractivity contribution in [3.63, 3.8) is 0 Å². The van der Waals surface area contributed by atoms with Crippen molar-refractivity contribution in [1.29, 1.82) is 0 Å². The van der Waals surface area contributed by atoms with Crippen LogP contribution in [0.2, 0.25) is 0 Å². The van der Waals surface area contributed by atoms with Gasteiger partial charge in [-0.25, -0.2) is 0 Å². The Morgan fingerprint density at radius 1 is 1.36 bits per heavy atom. The minimum Gasteiger partial charge on any atom is -0.315 e. The number of hydrogen-bond acceptors (Lipinski definition) is 2. The zero-order chi connectivity index (χ0) is 8.27. The van der Waals surface area contributed by atoms with Crippen molar-refractivity contribution in [3.8, 4) is 0 Å². The Morgan fingerprint density at radius 3 is 2.73 bits per heavy atom. The summed E-state index contributed by atoms with van der Waals surface area (Å²) in [6.07, 6.45) is 1.29. The number of nitrogens with one attached hydrogen (secondary N) is 1. The van der Waals surface area contributed by atoms with Crippen LogP contribution in [0.5, 0.6) is 0 Å². The molecule has 2 atom stereocenters. The zero-order valence-corrected chi connectivity index (χ0v) is 7.93. The van der Waals surface area contributed by atoms with E-state index in [1.54, 1.807) is 0 Å². The second kappa shape index (κ2) is 4.07. The van der Waals surface area contributed by atoms with Crippen molar-refractivity contribution in [3.05, 3.63) is 0 Å². The van der Waals surface area contributed by atoms with E-state index in [1.165, 1.54) is 19.5 Å². The first kappa shape index (κ1) is 9.01. The molecule has 2 nitrogen and oxygen atoms in total. The van der Waals surface area contributed by atoms with Gasteiger partial charge < -0.3 is 5.32 Å². The Labute approximate surface area is 70.0 Å². The molecule has 11 heavy (non-hydrogen) atoms. The zero-order valence-electron chi connectivity index (χ0n) is 7.93. The van der Waals surface area contributed by atoms with Gasteiger partial charge in [-0.2, -0.15) is 0 Å². The van der Waals surface area contributed by atoms with Crippen LogP contribution in [-0.2, 0) is 0 Å². The highest BCUT2D eigenvalue weighted by Gasteiger charge is 2.20. The SMILES string of the molecule is CCN1C(C)CCNCC1C. The molecule has 0 spiro atoms. The number of likely N-dealkylation sites (N-methyl/N-ethyl adjacent to an activating group) is 1. The highest BCUT2D eigenvalue weighted by molar-refractivity contribution is 4.78. The molecule has 2 unspecified atom stereocenters. The third-order valence-corrected chi connectivity index (χ3v) is 2.68. The lowest BCUT2D eigenvalue weighted by atomic mass is 10.2. The largest absolute Gasteiger partial charge is 0.315 e. The minimum atomic E-state index is 0.706. The average Bonchev–Trinajstić information content (AvgIpc) is 2.12. The molecule has 0 amide bonds. The summed E-state index contributed by atoms with van der Waals surface area (Å²) in [4.78, 5) is 2.57. The van der Waals surface area contributed by atoms with Gasteiger partial charge in [0.1, 0.15) is 0 Å². The molecule has 1 heterocycles. The number of nitrogens with zero attached hydrogens (tertiary/aromatic N) is 1. The quantitative estimate of drug-likeness (QED) is 0.611. The fourth-order valence-corrected chi connectivity index (χ4v) is 1.96. The van der Waals surface area contributed by atoms with Gasteiger partial charge in [0.05, 0.1) is 0 Å². The normalized spacial score (nSPS) is 35.2. The molecule has 66 valence electrons. The smallest absolute Gasteiger partial charge is 0.0195 e. The lowest BCUT2D eigenvalue weighted by Gasteiger charge is -2.30. The summed E-state index contributed by atoms with van der Waals surface area (Å²) in [5, 5.41) is 3.45. The van der Waals surface area contributed by atoms with Crippen molar-refractivity contribution in [2.45, 2.75) is 39.3 Å². The van der Waals surface area contributed by atoms with E-state index in [4.69, 9.17) is 0 Å². The highest BCUT2D eigenvalue weighted by Crippen LogP contribution is 2.10. The van der Waals surface area contributed by atoms with Crippen LogP contribution < -0.4 is 5.32 Å². The minimum absolute atomic E-state index is 0.706. The van der Waals surface area contributed by atoms with E-state index in [0.29, 0.717) is 6.04 Å². The molecule has 1 fully saturated rings. The molecule has 0 aliphatic carbocycles. The summed E-state index contributed by atoms with van der Waals surface area (Å²) in [7, 11) is 0. The van der Waals surface area contributed by atoms with Gasteiger partial charge in [0.15, 0.2) is 0 Å². The topological polar surface area (TPSA) is 15.3 Å². The molecule has 0 radical (unpaired) electrons. The molecule has 0 saturated carbocycles. The van der Waals surface area contributed by atoms with Crippen LogP contribution in [0.3, 0.4) is 0 Å². The predicted octanol–water partition coefficient (Wildman–Crippen LogP) is 1.08. The van der Waals surface area contributed by atoms with E-state index in [0.717, 1.165) is 12.6 Å². The highest BCUT2D eigenvalue weighted by atomic mass is 15.2. The summed E-state index contributed by atoms with van der Waals surface area (Å²) in [5.41, 5.74) is 0. The van der Waals surface area contributed by atoms with E-state index >= 15 is 0 Å². The lowest BCUT2D eigenvalue weighted by molar-refractivity contribution is 0.173. The van der Waals surface area contributed by atoms with Gasteiger partial charge in [0.2, 0.25) is 0 Å².